The zero-order chi connectivity index (χ0) is 15.5. The van der Waals surface area contributed by atoms with Gasteiger partial charge in [0.25, 0.3) is 0 Å². The summed E-state index contributed by atoms with van der Waals surface area (Å²) in [5.74, 6) is -0.106. The van der Waals surface area contributed by atoms with Crippen LogP contribution in [0, 0.1) is 5.41 Å². The first kappa shape index (κ1) is 19.1. The number of ether oxygens (including phenoxy) is 1. The maximum Gasteiger partial charge on any atom is 0.419 e. The van der Waals surface area contributed by atoms with Crippen LogP contribution in [0.2, 0.25) is 0 Å². The second-order valence-electron chi connectivity index (χ2n) is 5.88. The van der Waals surface area contributed by atoms with Crippen molar-refractivity contribution < 1.29 is 17.9 Å². The van der Waals surface area contributed by atoms with Crippen molar-refractivity contribution in [3.8, 4) is 5.75 Å². The van der Waals surface area contributed by atoms with E-state index in [1.54, 1.807) is 6.07 Å². The second-order valence-corrected chi connectivity index (χ2v) is 5.88. The molecule has 1 atom stereocenters. The lowest BCUT2D eigenvalue weighted by molar-refractivity contribution is -0.139. The molecule has 22 heavy (non-hydrogen) atoms. The molecule has 1 saturated heterocycles. The number of hydrogen-bond donors (Lipinski definition) is 1. The molecule has 0 spiro atoms. The van der Waals surface area contributed by atoms with Crippen LogP contribution in [0.5, 0.6) is 5.75 Å². The minimum Gasteiger partial charge on any atom is -0.492 e. The maximum atomic E-state index is 12.8. The summed E-state index contributed by atoms with van der Waals surface area (Å²) < 4.78 is 43.8. The van der Waals surface area contributed by atoms with E-state index in [4.69, 9.17) is 10.5 Å². The molecule has 1 fully saturated rings. The molecule has 1 unspecified atom stereocenters. The highest BCUT2D eigenvalue weighted by Crippen LogP contribution is 2.36. The molecule has 0 amide bonds. The molecule has 126 valence electrons. The SMILES string of the molecule is CC1(CN)CCN(CCOc2ccccc2C(F)(F)F)C1.Cl. The normalized spacial score (nSPS) is 22.4. The molecule has 0 aromatic heterocycles. The van der Waals surface area contributed by atoms with Gasteiger partial charge in [-0.05, 0) is 37.1 Å². The van der Waals surface area contributed by atoms with Gasteiger partial charge in [0.15, 0.2) is 0 Å². The number of nitrogens with two attached hydrogens (primary N) is 1. The average Bonchev–Trinajstić information content (AvgIpc) is 2.81. The number of likely N-dealkylation sites (tertiary alicyclic amines) is 1. The van der Waals surface area contributed by atoms with Crippen molar-refractivity contribution in [2.75, 3.05) is 32.8 Å². The molecular formula is C15H22ClF3N2O. The van der Waals surface area contributed by atoms with Gasteiger partial charge >= 0.3 is 6.18 Å². The Hall–Kier alpha value is -0.980. The standard InChI is InChI=1S/C15H21F3N2O.ClH/c1-14(10-19)6-7-20(11-14)8-9-21-13-5-3-2-4-12(13)15(16,17)18;/h2-5H,6-11,19H2,1H3;1H. The number of halogens is 4. The molecule has 1 aliphatic rings. The summed E-state index contributed by atoms with van der Waals surface area (Å²) in [6.07, 6.45) is -3.37. The molecule has 1 heterocycles. The molecule has 0 radical (unpaired) electrons. The van der Waals surface area contributed by atoms with E-state index >= 15 is 0 Å². The third-order valence-electron chi connectivity index (χ3n) is 3.99. The number of rotatable bonds is 5. The van der Waals surface area contributed by atoms with Gasteiger partial charge in [0.05, 0.1) is 5.56 Å². The smallest absolute Gasteiger partial charge is 0.419 e. The van der Waals surface area contributed by atoms with Gasteiger partial charge in [-0.25, -0.2) is 0 Å². The highest BCUT2D eigenvalue weighted by Gasteiger charge is 2.34. The summed E-state index contributed by atoms with van der Waals surface area (Å²) in [7, 11) is 0. The Morgan fingerprint density at radius 1 is 1.32 bits per heavy atom. The molecule has 1 aromatic rings. The van der Waals surface area contributed by atoms with Gasteiger partial charge in [-0.1, -0.05) is 19.1 Å². The summed E-state index contributed by atoms with van der Waals surface area (Å²) in [4.78, 5) is 2.18. The molecule has 3 nitrogen and oxygen atoms in total. The molecule has 0 saturated carbocycles. The van der Waals surface area contributed by atoms with Crippen LogP contribution in [0.4, 0.5) is 13.2 Å². The fraction of sp³-hybridized carbons (Fsp3) is 0.600. The van der Waals surface area contributed by atoms with Crippen molar-refractivity contribution in [2.45, 2.75) is 19.5 Å². The molecule has 0 aliphatic carbocycles. The topological polar surface area (TPSA) is 38.5 Å². The highest BCUT2D eigenvalue weighted by atomic mass is 35.5. The summed E-state index contributed by atoms with van der Waals surface area (Å²) in [5, 5.41) is 0. The largest absolute Gasteiger partial charge is 0.492 e. The summed E-state index contributed by atoms with van der Waals surface area (Å²) in [6, 6.07) is 5.31. The van der Waals surface area contributed by atoms with Crippen LogP contribution in [-0.2, 0) is 6.18 Å². The van der Waals surface area contributed by atoms with Gasteiger partial charge in [0.2, 0.25) is 0 Å². The highest BCUT2D eigenvalue weighted by molar-refractivity contribution is 5.85. The van der Waals surface area contributed by atoms with Crippen molar-refractivity contribution >= 4 is 12.4 Å². The van der Waals surface area contributed by atoms with E-state index in [2.05, 4.69) is 11.8 Å². The minimum atomic E-state index is -4.39. The van der Waals surface area contributed by atoms with Crippen LogP contribution in [-0.4, -0.2) is 37.7 Å². The van der Waals surface area contributed by atoms with E-state index in [9.17, 15) is 13.2 Å². The van der Waals surface area contributed by atoms with Crippen LogP contribution in [0.1, 0.15) is 18.9 Å². The van der Waals surface area contributed by atoms with Gasteiger partial charge in [-0.2, -0.15) is 13.2 Å². The number of nitrogens with zero attached hydrogens (tertiary/aromatic N) is 1. The van der Waals surface area contributed by atoms with Crippen LogP contribution in [0.25, 0.3) is 0 Å². The van der Waals surface area contributed by atoms with E-state index in [-0.39, 0.29) is 30.2 Å². The second kappa shape index (κ2) is 7.53. The Labute approximate surface area is 135 Å². The summed E-state index contributed by atoms with van der Waals surface area (Å²) >= 11 is 0. The molecule has 1 aliphatic heterocycles. The lowest BCUT2D eigenvalue weighted by Crippen LogP contribution is -2.33. The van der Waals surface area contributed by atoms with Gasteiger partial charge in [-0.3, -0.25) is 4.90 Å². The lowest BCUT2D eigenvalue weighted by Gasteiger charge is -2.22. The van der Waals surface area contributed by atoms with Crippen LogP contribution in [0.15, 0.2) is 24.3 Å². The van der Waals surface area contributed by atoms with Crippen LogP contribution < -0.4 is 10.5 Å². The molecule has 7 heteroatoms. The van der Waals surface area contributed by atoms with E-state index in [1.807, 2.05) is 0 Å². The summed E-state index contributed by atoms with van der Waals surface area (Å²) in [6.45, 7) is 5.40. The Bertz CT molecular complexity index is 484. The van der Waals surface area contributed by atoms with E-state index in [1.165, 1.54) is 12.1 Å². The number of benzene rings is 1. The van der Waals surface area contributed by atoms with Crippen molar-refractivity contribution in [3.05, 3.63) is 29.8 Å². The Balaban J connectivity index is 0.00000242. The van der Waals surface area contributed by atoms with Crippen LogP contribution >= 0.6 is 12.4 Å². The molecule has 1 aromatic carbocycles. The average molecular weight is 339 g/mol. The van der Waals surface area contributed by atoms with Crippen molar-refractivity contribution in [2.24, 2.45) is 11.1 Å². The van der Waals surface area contributed by atoms with E-state index < -0.39 is 11.7 Å². The monoisotopic (exact) mass is 338 g/mol. The maximum absolute atomic E-state index is 12.8. The minimum absolute atomic E-state index is 0. The number of alkyl halides is 3. The third kappa shape index (κ3) is 4.76. The lowest BCUT2D eigenvalue weighted by atomic mass is 9.90. The summed E-state index contributed by atoms with van der Waals surface area (Å²) in [5.41, 5.74) is 5.13. The van der Waals surface area contributed by atoms with Crippen LogP contribution in [0.3, 0.4) is 0 Å². The number of hydrogen-bond acceptors (Lipinski definition) is 3. The quantitative estimate of drug-likeness (QED) is 0.896. The molecule has 2 rings (SSSR count). The zero-order valence-corrected chi connectivity index (χ0v) is 13.3. The Morgan fingerprint density at radius 2 is 2.00 bits per heavy atom. The molecule has 0 bridgehead atoms. The van der Waals surface area contributed by atoms with Gasteiger partial charge in [0, 0.05) is 13.1 Å². The Kier molecular flexibility index (Phi) is 6.52. The first-order valence-corrected chi connectivity index (χ1v) is 7.05. The molecule has 2 N–H and O–H groups in total. The Morgan fingerprint density at radius 3 is 2.59 bits per heavy atom. The van der Waals surface area contributed by atoms with E-state index in [0.29, 0.717) is 13.1 Å². The fourth-order valence-corrected chi connectivity index (χ4v) is 2.59. The van der Waals surface area contributed by atoms with Gasteiger partial charge in [-0.15, -0.1) is 12.4 Å². The van der Waals surface area contributed by atoms with Gasteiger partial charge in [0.1, 0.15) is 12.4 Å². The first-order valence-electron chi connectivity index (χ1n) is 7.05. The van der Waals surface area contributed by atoms with E-state index in [0.717, 1.165) is 25.6 Å². The van der Waals surface area contributed by atoms with Crippen molar-refractivity contribution in [1.29, 1.82) is 0 Å². The predicted octanol–water partition coefficient (Wildman–Crippen LogP) is 3.18. The number of para-hydroxylation sites is 1. The van der Waals surface area contributed by atoms with Crippen molar-refractivity contribution in [3.63, 3.8) is 0 Å². The zero-order valence-electron chi connectivity index (χ0n) is 12.5. The first-order chi connectivity index (χ1) is 9.84. The fourth-order valence-electron chi connectivity index (χ4n) is 2.59. The predicted molar refractivity (Wildman–Crippen MR) is 82.4 cm³/mol. The van der Waals surface area contributed by atoms with Crippen molar-refractivity contribution in [1.82, 2.24) is 4.90 Å². The van der Waals surface area contributed by atoms with Gasteiger partial charge < -0.3 is 10.5 Å². The molecular weight excluding hydrogens is 317 g/mol. The third-order valence-corrected chi connectivity index (χ3v) is 3.99.